The molecule has 136 valence electrons. The van der Waals surface area contributed by atoms with Crippen molar-refractivity contribution in [3.05, 3.63) is 60.3 Å². The lowest BCUT2D eigenvalue weighted by atomic mass is 10.2. The van der Waals surface area contributed by atoms with Crippen molar-refractivity contribution in [3.8, 4) is 17.4 Å². The highest BCUT2D eigenvalue weighted by molar-refractivity contribution is 5.78. The van der Waals surface area contributed by atoms with Crippen molar-refractivity contribution in [2.45, 2.75) is 13.3 Å². The molecule has 0 atom stereocenters. The number of fused-ring (bicyclic) bond motifs is 1. The van der Waals surface area contributed by atoms with Gasteiger partial charge in [-0.3, -0.25) is 4.98 Å². The molecule has 0 aliphatic carbocycles. The Morgan fingerprint density at radius 2 is 2.07 bits per heavy atom. The third-order valence-corrected chi connectivity index (χ3v) is 4.16. The van der Waals surface area contributed by atoms with E-state index in [-0.39, 0.29) is 0 Å². The molecule has 27 heavy (non-hydrogen) atoms. The minimum Gasteiger partial charge on any atom is -0.481 e. The number of hydrogen-bond donors (Lipinski definition) is 1. The van der Waals surface area contributed by atoms with Crippen LogP contribution >= 0.6 is 0 Å². The van der Waals surface area contributed by atoms with Gasteiger partial charge in [0.1, 0.15) is 11.2 Å². The number of halogens is 1. The normalized spacial score (nSPS) is 10.9. The SMILES string of the molecule is CCc1ccn2nc(-c3cccc(OC)n3)nc(Nc3ccncc3F)c12. The van der Waals surface area contributed by atoms with Crippen LogP contribution in [0.25, 0.3) is 17.0 Å². The summed E-state index contributed by atoms with van der Waals surface area (Å²) in [7, 11) is 1.55. The number of nitrogens with zero attached hydrogens (tertiary/aromatic N) is 5. The van der Waals surface area contributed by atoms with Gasteiger partial charge in [0.2, 0.25) is 11.7 Å². The zero-order chi connectivity index (χ0) is 18.8. The third kappa shape index (κ3) is 3.17. The first-order valence-electron chi connectivity index (χ1n) is 8.45. The average molecular weight is 364 g/mol. The van der Waals surface area contributed by atoms with Gasteiger partial charge in [0, 0.05) is 18.5 Å². The first-order valence-corrected chi connectivity index (χ1v) is 8.45. The van der Waals surface area contributed by atoms with Crippen LogP contribution in [0.3, 0.4) is 0 Å². The summed E-state index contributed by atoms with van der Waals surface area (Å²) in [6.45, 7) is 2.05. The van der Waals surface area contributed by atoms with Gasteiger partial charge in [0.25, 0.3) is 0 Å². The minimum atomic E-state index is -0.458. The molecule has 0 saturated heterocycles. The van der Waals surface area contributed by atoms with Gasteiger partial charge in [-0.15, -0.1) is 5.10 Å². The second-order valence-corrected chi connectivity index (χ2v) is 5.82. The molecule has 4 aromatic heterocycles. The van der Waals surface area contributed by atoms with Gasteiger partial charge in [-0.25, -0.2) is 18.9 Å². The molecule has 4 rings (SSSR count). The second-order valence-electron chi connectivity index (χ2n) is 5.82. The largest absolute Gasteiger partial charge is 0.481 e. The number of anilines is 2. The van der Waals surface area contributed by atoms with Crippen LogP contribution in [0.1, 0.15) is 12.5 Å². The molecule has 0 bridgehead atoms. The maximum absolute atomic E-state index is 14.1. The molecule has 0 aliphatic rings. The number of hydrogen-bond acceptors (Lipinski definition) is 6. The molecule has 0 amide bonds. The van der Waals surface area contributed by atoms with Crippen LogP contribution in [0, 0.1) is 5.82 Å². The summed E-state index contributed by atoms with van der Waals surface area (Å²) < 4.78 is 21.0. The molecule has 0 unspecified atom stereocenters. The topological polar surface area (TPSA) is 77.2 Å². The monoisotopic (exact) mass is 364 g/mol. The summed E-state index contributed by atoms with van der Waals surface area (Å²) in [4.78, 5) is 12.8. The van der Waals surface area contributed by atoms with Crippen molar-refractivity contribution in [1.82, 2.24) is 24.6 Å². The Hall–Kier alpha value is -3.55. The van der Waals surface area contributed by atoms with Gasteiger partial charge in [0.15, 0.2) is 11.6 Å². The zero-order valence-corrected chi connectivity index (χ0v) is 14.8. The lowest BCUT2D eigenvalue weighted by molar-refractivity contribution is 0.398. The van der Waals surface area contributed by atoms with E-state index >= 15 is 0 Å². The predicted octanol–water partition coefficient (Wildman–Crippen LogP) is 3.64. The van der Waals surface area contributed by atoms with Crippen LogP contribution in [-0.2, 0) is 6.42 Å². The van der Waals surface area contributed by atoms with Crippen LogP contribution in [0.15, 0.2) is 48.9 Å². The Kier molecular flexibility index (Phi) is 4.37. The van der Waals surface area contributed by atoms with Gasteiger partial charge in [-0.2, -0.15) is 0 Å². The summed E-state index contributed by atoms with van der Waals surface area (Å²) in [6, 6.07) is 8.90. The Morgan fingerprint density at radius 3 is 2.85 bits per heavy atom. The minimum absolute atomic E-state index is 0.290. The molecule has 0 saturated carbocycles. The van der Waals surface area contributed by atoms with Crippen LogP contribution in [-0.4, -0.2) is 31.7 Å². The number of aromatic nitrogens is 5. The van der Waals surface area contributed by atoms with Crippen molar-refractivity contribution < 1.29 is 9.13 Å². The molecule has 0 spiro atoms. The number of pyridine rings is 2. The quantitative estimate of drug-likeness (QED) is 0.583. The maximum atomic E-state index is 14.1. The lowest BCUT2D eigenvalue weighted by Crippen LogP contribution is -2.06. The molecule has 4 aromatic rings. The molecule has 0 fully saturated rings. The molecule has 0 radical (unpaired) electrons. The van der Waals surface area contributed by atoms with Crippen LogP contribution in [0.5, 0.6) is 5.88 Å². The zero-order valence-electron chi connectivity index (χ0n) is 14.8. The Bertz CT molecular complexity index is 1110. The van der Waals surface area contributed by atoms with Gasteiger partial charge in [-0.1, -0.05) is 13.0 Å². The predicted molar refractivity (Wildman–Crippen MR) is 99.6 cm³/mol. The van der Waals surface area contributed by atoms with Crippen molar-refractivity contribution in [2.75, 3.05) is 12.4 Å². The van der Waals surface area contributed by atoms with Crippen LogP contribution in [0.4, 0.5) is 15.9 Å². The van der Waals surface area contributed by atoms with E-state index in [0.717, 1.165) is 23.7 Å². The number of rotatable bonds is 5. The fourth-order valence-electron chi connectivity index (χ4n) is 2.83. The molecule has 0 aromatic carbocycles. The van der Waals surface area contributed by atoms with E-state index < -0.39 is 5.82 Å². The van der Waals surface area contributed by atoms with E-state index in [1.807, 2.05) is 25.3 Å². The molecule has 0 aliphatic heterocycles. The summed E-state index contributed by atoms with van der Waals surface area (Å²) in [5.74, 6) is 0.903. The Morgan fingerprint density at radius 1 is 1.19 bits per heavy atom. The van der Waals surface area contributed by atoms with E-state index in [4.69, 9.17) is 4.74 Å². The highest BCUT2D eigenvalue weighted by Crippen LogP contribution is 2.27. The molecular formula is C19H17FN6O. The van der Waals surface area contributed by atoms with Gasteiger partial charge in [0.05, 0.1) is 19.0 Å². The average Bonchev–Trinajstić information content (AvgIpc) is 3.13. The lowest BCUT2D eigenvalue weighted by Gasteiger charge is -2.11. The number of nitrogens with one attached hydrogen (secondary N) is 1. The maximum Gasteiger partial charge on any atom is 0.213 e. The fourth-order valence-corrected chi connectivity index (χ4v) is 2.83. The Labute approximate surface area is 154 Å². The van der Waals surface area contributed by atoms with Crippen molar-refractivity contribution in [1.29, 1.82) is 0 Å². The van der Waals surface area contributed by atoms with E-state index in [1.54, 1.807) is 29.8 Å². The summed E-state index contributed by atoms with van der Waals surface area (Å²) in [6.07, 6.45) is 5.33. The van der Waals surface area contributed by atoms with E-state index in [1.165, 1.54) is 6.20 Å². The standard InChI is InChI=1S/C19H17FN6O/c1-3-12-8-10-26-17(12)19(23-14-7-9-21-11-13(14)20)24-18(25-26)15-5-4-6-16(22-15)27-2/h4-11H,3H2,1-2H3,(H,21,23,24,25). The Balaban J connectivity index is 1.89. The van der Waals surface area contributed by atoms with Crippen molar-refractivity contribution in [3.63, 3.8) is 0 Å². The molecular weight excluding hydrogens is 347 g/mol. The van der Waals surface area contributed by atoms with E-state index in [9.17, 15) is 4.39 Å². The fraction of sp³-hybridized carbons (Fsp3) is 0.158. The molecule has 1 N–H and O–H groups in total. The molecule has 8 heteroatoms. The first-order chi connectivity index (χ1) is 13.2. The van der Waals surface area contributed by atoms with Crippen molar-refractivity contribution in [2.24, 2.45) is 0 Å². The number of ether oxygens (including phenoxy) is 1. The van der Waals surface area contributed by atoms with Crippen LogP contribution < -0.4 is 10.1 Å². The highest BCUT2D eigenvalue weighted by atomic mass is 19.1. The second kappa shape index (κ2) is 6.99. The number of methoxy groups -OCH3 is 1. The van der Waals surface area contributed by atoms with Gasteiger partial charge < -0.3 is 10.1 Å². The van der Waals surface area contributed by atoms with E-state index in [0.29, 0.717) is 28.9 Å². The first kappa shape index (κ1) is 16.9. The summed E-state index contributed by atoms with van der Waals surface area (Å²) >= 11 is 0. The van der Waals surface area contributed by atoms with Crippen LogP contribution in [0.2, 0.25) is 0 Å². The summed E-state index contributed by atoms with van der Waals surface area (Å²) in [5.41, 5.74) is 2.69. The molecule has 4 heterocycles. The third-order valence-electron chi connectivity index (χ3n) is 4.16. The van der Waals surface area contributed by atoms with E-state index in [2.05, 4.69) is 25.4 Å². The highest BCUT2D eigenvalue weighted by Gasteiger charge is 2.15. The van der Waals surface area contributed by atoms with Gasteiger partial charge in [-0.05, 0) is 30.2 Å². The van der Waals surface area contributed by atoms with Gasteiger partial charge >= 0.3 is 0 Å². The molecule has 7 nitrogen and oxygen atoms in total. The van der Waals surface area contributed by atoms with Crippen molar-refractivity contribution >= 4 is 17.0 Å². The number of aryl methyl sites for hydroxylation is 1. The summed E-state index contributed by atoms with van der Waals surface area (Å²) in [5, 5.41) is 7.62. The smallest absolute Gasteiger partial charge is 0.213 e.